The Morgan fingerprint density at radius 3 is 2.65 bits per heavy atom. The molecule has 1 N–H and O–H groups in total. The maximum atomic E-state index is 6.08. The van der Waals surface area contributed by atoms with Crippen molar-refractivity contribution in [3.05, 3.63) is 40.8 Å². The van der Waals surface area contributed by atoms with Gasteiger partial charge >= 0.3 is 0 Å². The van der Waals surface area contributed by atoms with Crippen LogP contribution in [0, 0.1) is 0 Å². The van der Waals surface area contributed by atoms with Crippen molar-refractivity contribution in [2.45, 2.75) is 23.4 Å². The van der Waals surface area contributed by atoms with Crippen LogP contribution in [0.15, 0.2) is 35.4 Å². The van der Waals surface area contributed by atoms with Crippen LogP contribution in [0.4, 0.5) is 11.5 Å². The summed E-state index contributed by atoms with van der Waals surface area (Å²) in [4.78, 5) is 9.08. The number of benzene rings is 1. The molecule has 0 aliphatic heterocycles. The molecule has 104 valence electrons. The van der Waals surface area contributed by atoms with Crippen molar-refractivity contribution in [3.63, 3.8) is 0 Å². The quantitative estimate of drug-likeness (QED) is 0.524. The Hall–Kier alpha value is -0.905. The largest absolute Gasteiger partial charge is 0.338 e. The summed E-state index contributed by atoms with van der Waals surface area (Å²) in [6.07, 6.45) is 1.48. The fraction of sp³-hybridized carbons (Fsp3) is 0.231. The molecule has 3 nitrogen and oxygen atoms in total. The predicted molar refractivity (Wildman–Crippen MR) is 90.3 cm³/mol. The predicted octanol–water partition coefficient (Wildman–Crippen LogP) is 3.99. The van der Waals surface area contributed by atoms with E-state index in [9.17, 15) is 0 Å². The van der Waals surface area contributed by atoms with Crippen LogP contribution in [0.25, 0.3) is 0 Å². The van der Waals surface area contributed by atoms with Gasteiger partial charge in [-0.1, -0.05) is 37.6 Å². The van der Waals surface area contributed by atoms with E-state index < -0.39 is 0 Å². The lowest BCUT2D eigenvalue weighted by Gasteiger charge is -2.20. The fourth-order valence-electron chi connectivity index (χ4n) is 1.55. The van der Waals surface area contributed by atoms with Gasteiger partial charge in [0.25, 0.3) is 0 Å². The standard InChI is InChI=1S/C13H14BCl2N3S/c1-13(2,14)20-10-6-4-3-5-9(10)18-11-8(15)7-17-12(16)19-11/h3-7H,14H2,1-2H3,(H,17,18,19). The summed E-state index contributed by atoms with van der Waals surface area (Å²) >= 11 is 13.7. The van der Waals surface area contributed by atoms with E-state index in [1.807, 2.05) is 18.2 Å². The minimum Gasteiger partial charge on any atom is -0.338 e. The Labute approximate surface area is 133 Å². The Kier molecular flexibility index (Phi) is 4.84. The van der Waals surface area contributed by atoms with Gasteiger partial charge in [-0.2, -0.15) is 4.98 Å². The normalized spacial score (nSPS) is 11.4. The van der Waals surface area contributed by atoms with Crippen molar-refractivity contribution >= 4 is 54.3 Å². The number of aromatic nitrogens is 2. The molecule has 0 aliphatic carbocycles. The molecule has 2 rings (SSSR count). The number of hydrogen-bond donors (Lipinski definition) is 1. The van der Waals surface area contributed by atoms with Gasteiger partial charge in [-0.05, 0) is 28.4 Å². The molecular formula is C13H14BCl2N3S. The molecule has 0 bridgehead atoms. The molecular weight excluding hydrogens is 312 g/mol. The highest BCUT2D eigenvalue weighted by Crippen LogP contribution is 2.36. The third-order valence-corrected chi connectivity index (χ3v) is 3.92. The van der Waals surface area contributed by atoms with E-state index in [0.29, 0.717) is 10.8 Å². The summed E-state index contributed by atoms with van der Waals surface area (Å²) in [6, 6.07) is 8.02. The maximum Gasteiger partial charge on any atom is 0.224 e. The Morgan fingerprint density at radius 2 is 1.95 bits per heavy atom. The first-order chi connectivity index (χ1) is 9.35. The van der Waals surface area contributed by atoms with Crippen molar-refractivity contribution in [2.75, 3.05) is 5.32 Å². The van der Waals surface area contributed by atoms with Gasteiger partial charge in [0.15, 0.2) is 5.82 Å². The average Bonchev–Trinajstić information content (AvgIpc) is 2.34. The number of para-hydroxylation sites is 1. The second-order valence-corrected chi connectivity index (χ2v) is 7.79. The number of nitrogens with zero attached hydrogens (tertiary/aromatic N) is 2. The van der Waals surface area contributed by atoms with E-state index >= 15 is 0 Å². The molecule has 0 fully saturated rings. The van der Waals surface area contributed by atoms with Crippen molar-refractivity contribution in [3.8, 4) is 0 Å². The first kappa shape index (κ1) is 15.5. The van der Waals surface area contributed by atoms with Crippen molar-refractivity contribution in [1.29, 1.82) is 0 Å². The van der Waals surface area contributed by atoms with Crippen LogP contribution in [-0.2, 0) is 0 Å². The molecule has 2 aromatic rings. The van der Waals surface area contributed by atoms with Gasteiger partial charge in [0.2, 0.25) is 5.28 Å². The van der Waals surface area contributed by atoms with Crippen molar-refractivity contribution in [1.82, 2.24) is 9.97 Å². The molecule has 0 spiro atoms. The second kappa shape index (κ2) is 6.25. The molecule has 0 amide bonds. The zero-order valence-corrected chi connectivity index (χ0v) is 13.8. The Bertz CT molecular complexity index is 617. The monoisotopic (exact) mass is 325 g/mol. The minimum atomic E-state index is 0.116. The van der Waals surface area contributed by atoms with E-state index in [4.69, 9.17) is 23.2 Å². The average molecular weight is 326 g/mol. The highest BCUT2D eigenvalue weighted by atomic mass is 35.5. The van der Waals surface area contributed by atoms with Crippen LogP contribution in [0.5, 0.6) is 0 Å². The Morgan fingerprint density at radius 1 is 1.25 bits per heavy atom. The fourth-order valence-corrected chi connectivity index (χ4v) is 2.86. The summed E-state index contributed by atoms with van der Waals surface area (Å²) in [5, 5.41) is 3.82. The number of thioether (sulfide) groups is 1. The molecule has 0 aliphatic rings. The number of halogens is 2. The molecule has 0 saturated carbocycles. The molecule has 0 unspecified atom stereocenters. The number of hydrogen-bond acceptors (Lipinski definition) is 4. The van der Waals surface area contributed by atoms with Crippen LogP contribution in [0.2, 0.25) is 10.3 Å². The topological polar surface area (TPSA) is 37.8 Å². The van der Waals surface area contributed by atoms with Gasteiger partial charge in [0, 0.05) is 4.90 Å². The van der Waals surface area contributed by atoms with Crippen LogP contribution in [-0.4, -0.2) is 22.5 Å². The molecule has 1 heterocycles. The van der Waals surface area contributed by atoms with Crippen LogP contribution < -0.4 is 5.32 Å². The van der Waals surface area contributed by atoms with Crippen LogP contribution in [0.1, 0.15) is 13.8 Å². The van der Waals surface area contributed by atoms with Gasteiger partial charge in [0.05, 0.1) is 11.9 Å². The van der Waals surface area contributed by atoms with Crippen molar-refractivity contribution in [2.24, 2.45) is 0 Å². The van der Waals surface area contributed by atoms with Gasteiger partial charge in [-0.25, -0.2) is 4.98 Å². The molecule has 7 heteroatoms. The smallest absolute Gasteiger partial charge is 0.224 e. The lowest BCUT2D eigenvalue weighted by molar-refractivity contribution is 1.01. The van der Waals surface area contributed by atoms with Gasteiger partial charge in [0.1, 0.15) is 12.9 Å². The summed E-state index contributed by atoms with van der Waals surface area (Å²) < 4.78 is 0.116. The van der Waals surface area contributed by atoms with E-state index in [2.05, 4.69) is 43.0 Å². The lowest BCUT2D eigenvalue weighted by atomic mass is 9.91. The lowest BCUT2D eigenvalue weighted by Crippen LogP contribution is -2.13. The zero-order chi connectivity index (χ0) is 14.8. The molecule has 0 saturated heterocycles. The molecule has 1 aromatic heterocycles. The third-order valence-electron chi connectivity index (χ3n) is 2.27. The van der Waals surface area contributed by atoms with Gasteiger partial charge < -0.3 is 5.32 Å². The summed E-state index contributed by atoms with van der Waals surface area (Å²) in [5.74, 6) is 0.508. The van der Waals surface area contributed by atoms with E-state index in [1.54, 1.807) is 11.8 Å². The third kappa shape index (κ3) is 4.30. The zero-order valence-electron chi connectivity index (χ0n) is 11.4. The van der Waals surface area contributed by atoms with Crippen LogP contribution >= 0.6 is 35.0 Å². The second-order valence-electron chi connectivity index (χ2n) is 5.17. The Balaban J connectivity index is 2.32. The number of rotatable bonds is 4. The molecule has 1 aromatic carbocycles. The van der Waals surface area contributed by atoms with E-state index in [1.165, 1.54) is 6.20 Å². The van der Waals surface area contributed by atoms with Crippen molar-refractivity contribution < 1.29 is 0 Å². The van der Waals surface area contributed by atoms with Gasteiger partial charge in [-0.15, -0.1) is 11.8 Å². The highest BCUT2D eigenvalue weighted by Gasteiger charge is 2.15. The van der Waals surface area contributed by atoms with E-state index in [0.717, 1.165) is 10.6 Å². The highest BCUT2D eigenvalue weighted by molar-refractivity contribution is 8.01. The van der Waals surface area contributed by atoms with E-state index in [-0.39, 0.29) is 9.93 Å². The van der Waals surface area contributed by atoms with Crippen LogP contribution in [0.3, 0.4) is 0 Å². The summed E-state index contributed by atoms with van der Waals surface area (Å²) in [6.45, 7) is 4.34. The summed E-state index contributed by atoms with van der Waals surface area (Å²) in [5.41, 5.74) is 0.948. The first-order valence-corrected chi connectivity index (χ1v) is 7.65. The number of anilines is 2. The molecule has 0 atom stereocenters. The molecule has 20 heavy (non-hydrogen) atoms. The van der Waals surface area contributed by atoms with Gasteiger partial charge in [-0.3, -0.25) is 0 Å². The number of nitrogens with one attached hydrogen (secondary N) is 1. The first-order valence-electron chi connectivity index (χ1n) is 6.08. The summed E-state index contributed by atoms with van der Waals surface area (Å²) in [7, 11) is 2.17. The SMILES string of the molecule is BC(C)(C)Sc1ccccc1Nc1nc(Cl)ncc1Cl. The minimum absolute atomic E-state index is 0.116. The maximum absolute atomic E-state index is 6.08. The molecule has 0 radical (unpaired) electrons.